The van der Waals surface area contributed by atoms with Crippen LogP contribution in [0.3, 0.4) is 0 Å². The summed E-state index contributed by atoms with van der Waals surface area (Å²) in [6, 6.07) is 3.50. The van der Waals surface area contributed by atoms with Crippen LogP contribution in [0.25, 0.3) is 22.2 Å². The third-order valence-corrected chi connectivity index (χ3v) is 6.56. The molecule has 2 aliphatic rings. The van der Waals surface area contributed by atoms with Gasteiger partial charge >= 0.3 is 0 Å². The van der Waals surface area contributed by atoms with Gasteiger partial charge in [0.05, 0.1) is 47.8 Å². The number of nitrogens with one attached hydrogen (secondary N) is 1. The average molecular weight is 497 g/mol. The minimum Gasteiger partial charge on any atom is -0.495 e. The minimum atomic E-state index is -0.0726. The highest BCUT2D eigenvalue weighted by Crippen LogP contribution is 2.48. The second-order valence-corrected chi connectivity index (χ2v) is 8.74. The van der Waals surface area contributed by atoms with Crippen LogP contribution in [0.1, 0.15) is 12.8 Å². The topological polar surface area (TPSA) is 105 Å². The number of halogens is 1. The van der Waals surface area contributed by atoms with Crippen molar-refractivity contribution in [2.75, 3.05) is 38.9 Å². The van der Waals surface area contributed by atoms with E-state index < -0.39 is 0 Å². The fraction of sp³-hybridized carbons (Fsp3) is 0.360. The van der Waals surface area contributed by atoms with Gasteiger partial charge in [0.25, 0.3) is 0 Å². The zero-order chi connectivity index (χ0) is 24.4. The zero-order valence-electron chi connectivity index (χ0n) is 19.3. The Hall–Kier alpha value is -3.43. The molecule has 2 aliphatic heterocycles. The van der Waals surface area contributed by atoms with Crippen molar-refractivity contribution in [3.8, 4) is 28.5 Å². The molecule has 10 heteroatoms. The van der Waals surface area contributed by atoms with E-state index in [1.165, 1.54) is 6.08 Å². The van der Waals surface area contributed by atoms with E-state index in [1.807, 2.05) is 6.07 Å². The first-order chi connectivity index (χ1) is 17.1. The number of hydrogen-bond donors (Lipinski definition) is 1. The van der Waals surface area contributed by atoms with Gasteiger partial charge in [0, 0.05) is 30.7 Å². The number of rotatable bonds is 7. The van der Waals surface area contributed by atoms with Gasteiger partial charge in [-0.25, -0.2) is 9.97 Å². The van der Waals surface area contributed by atoms with Crippen LogP contribution in [-0.4, -0.2) is 60.3 Å². The normalized spacial score (nSPS) is 19.3. The van der Waals surface area contributed by atoms with Crippen LogP contribution in [0.5, 0.6) is 17.2 Å². The number of fused-ring (bicyclic) bond motifs is 2. The maximum absolute atomic E-state index is 11.9. The lowest BCUT2D eigenvalue weighted by atomic mass is 9.90. The first-order valence-corrected chi connectivity index (χ1v) is 11.7. The molecule has 0 spiro atoms. The van der Waals surface area contributed by atoms with Crippen LogP contribution >= 0.6 is 11.6 Å². The Morgan fingerprint density at radius 3 is 2.94 bits per heavy atom. The number of ketones is 1. The second kappa shape index (κ2) is 10.1. The fourth-order valence-electron chi connectivity index (χ4n) is 4.35. The number of ether oxygens (including phenoxy) is 4. The van der Waals surface area contributed by atoms with Gasteiger partial charge < -0.3 is 24.3 Å². The van der Waals surface area contributed by atoms with Gasteiger partial charge in [0.1, 0.15) is 19.0 Å². The highest BCUT2D eigenvalue weighted by atomic mass is 35.5. The lowest BCUT2D eigenvalue weighted by Gasteiger charge is -2.31. The number of pyridine rings is 1. The Balaban J connectivity index is 1.44. The highest BCUT2D eigenvalue weighted by molar-refractivity contribution is 6.35. The smallest absolute Gasteiger partial charge is 0.223 e. The predicted octanol–water partition coefficient (Wildman–Crippen LogP) is 4.09. The third-order valence-electron chi connectivity index (χ3n) is 6.18. The molecule has 3 aromatic rings. The second-order valence-electron chi connectivity index (χ2n) is 8.36. The Bertz CT molecular complexity index is 1280. The molecule has 0 radical (unpaired) electrons. The van der Waals surface area contributed by atoms with Gasteiger partial charge in [-0.2, -0.15) is 0 Å². The Morgan fingerprint density at radius 2 is 2.11 bits per heavy atom. The summed E-state index contributed by atoms with van der Waals surface area (Å²) < 4.78 is 22.6. The van der Waals surface area contributed by atoms with Crippen molar-refractivity contribution in [3.05, 3.63) is 42.2 Å². The van der Waals surface area contributed by atoms with Crippen LogP contribution in [-0.2, 0) is 9.53 Å². The van der Waals surface area contributed by atoms with E-state index in [-0.39, 0.29) is 17.7 Å². The molecule has 1 aromatic carbocycles. The van der Waals surface area contributed by atoms with Gasteiger partial charge in [-0.05, 0) is 24.5 Å². The number of carbonyl (C=O) groups is 1. The molecule has 2 aromatic heterocycles. The fourth-order valence-corrected chi connectivity index (χ4v) is 4.67. The summed E-state index contributed by atoms with van der Waals surface area (Å²) in [4.78, 5) is 25.6. The van der Waals surface area contributed by atoms with Crippen molar-refractivity contribution in [3.63, 3.8) is 0 Å². The van der Waals surface area contributed by atoms with E-state index in [9.17, 15) is 4.79 Å². The zero-order valence-corrected chi connectivity index (χ0v) is 20.0. The van der Waals surface area contributed by atoms with Crippen molar-refractivity contribution in [1.82, 2.24) is 15.0 Å². The highest BCUT2D eigenvalue weighted by Gasteiger charge is 2.28. The predicted molar refractivity (Wildman–Crippen MR) is 131 cm³/mol. The molecule has 9 nitrogen and oxygen atoms in total. The summed E-state index contributed by atoms with van der Waals surface area (Å²) in [7, 11) is 1.55. The molecule has 0 amide bonds. The maximum atomic E-state index is 11.9. The molecular formula is C25H25ClN4O5. The quantitative estimate of drug-likeness (QED) is 0.484. The largest absolute Gasteiger partial charge is 0.495 e. The SMILES string of the molecule is C=CC(=O)C[C@H]1CCOC[C@H]1Nc1ncc2cc(-c3c(Cl)c(OC)cc4c3OCCO4)ncc2n1. The van der Waals surface area contributed by atoms with E-state index in [0.717, 1.165) is 11.8 Å². The molecule has 0 bridgehead atoms. The van der Waals surface area contributed by atoms with Gasteiger partial charge in [-0.1, -0.05) is 18.2 Å². The summed E-state index contributed by atoms with van der Waals surface area (Å²) in [5, 5.41) is 4.50. The molecule has 35 heavy (non-hydrogen) atoms. The summed E-state index contributed by atoms with van der Waals surface area (Å²) in [5.41, 5.74) is 1.85. The molecule has 2 atom stereocenters. The summed E-state index contributed by atoms with van der Waals surface area (Å²) in [6.07, 6.45) is 5.96. The van der Waals surface area contributed by atoms with E-state index in [0.29, 0.717) is 77.8 Å². The third kappa shape index (κ3) is 4.74. The molecular weight excluding hydrogens is 472 g/mol. The van der Waals surface area contributed by atoms with E-state index in [4.69, 9.17) is 30.5 Å². The van der Waals surface area contributed by atoms with E-state index in [1.54, 1.807) is 25.6 Å². The van der Waals surface area contributed by atoms with Crippen molar-refractivity contribution in [2.24, 2.45) is 5.92 Å². The van der Waals surface area contributed by atoms with Crippen molar-refractivity contribution in [2.45, 2.75) is 18.9 Å². The van der Waals surface area contributed by atoms with Crippen molar-refractivity contribution in [1.29, 1.82) is 0 Å². The molecule has 1 fully saturated rings. The van der Waals surface area contributed by atoms with Crippen LogP contribution in [0.4, 0.5) is 5.95 Å². The van der Waals surface area contributed by atoms with Crippen LogP contribution < -0.4 is 19.5 Å². The van der Waals surface area contributed by atoms with E-state index >= 15 is 0 Å². The number of allylic oxidation sites excluding steroid dienone is 1. The van der Waals surface area contributed by atoms with Gasteiger partial charge in [-0.3, -0.25) is 9.78 Å². The summed E-state index contributed by atoms with van der Waals surface area (Å²) in [6.45, 7) is 5.54. The number of aromatic nitrogens is 3. The number of hydrogen-bond acceptors (Lipinski definition) is 9. The first-order valence-electron chi connectivity index (χ1n) is 11.4. The molecule has 5 rings (SSSR count). The molecule has 0 saturated carbocycles. The lowest BCUT2D eigenvalue weighted by molar-refractivity contribution is -0.116. The Labute approximate surface area is 207 Å². The Morgan fingerprint density at radius 1 is 1.26 bits per heavy atom. The van der Waals surface area contributed by atoms with Crippen LogP contribution in [0.15, 0.2) is 37.2 Å². The number of carbonyl (C=O) groups excluding carboxylic acids is 1. The average Bonchev–Trinajstić information content (AvgIpc) is 2.89. The molecule has 0 aliphatic carbocycles. The van der Waals surface area contributed by atoms with Crippen LogP contribution in [0.2, 0.25) is 5.02 Å². The summed E-state index contributed by atoms with van der Waals surface area (Å²) in [5.74, 6) is 2.16. The number of benzene rings is 1. The van der Waals surface area contributed by atoms with Gasteiger partial charge in [0.2, 0.25) is 5.95 Å². The summed E-state index contributed by atoms with van der Waals surface area (Å²) >= 11 is 6.64. The molecule has 1 N–H and O–H groups in total. The molecule has 182 valence electrons. The number of nitrogens with zero attached hydrogens (tertiary/aromatic N) is 3. The van der Waals surface area contributed by atoms with Crippen molar-refractivity contribution >= 4 is 34.2 Å². The molecule has 1 saturated heterocycles. The first kappa shape index (κ1) is 23.3. The van der Waals surface area contributed by atoms with Gasteiger partial charge in [0.15, 0.2) is 17.3 Å². The van der Waals surface area contributed by atoms with Crippen molar-refractivity contribution < 1.29 is 23.7 Å². The number of anilines is 1. The van der Waals surface area contributed by atoms with Crippen LogP contribution in [0, 0.1) is 5.92 Å². The standard InChI is InChI=1S/C25H25ClN4O5/c1-3-16(31)8-14-4-5-33-13-19(14)30-25-28-11-15-9-17(27-12-18(15)29-25)22-23(26)20(32-2)10-21-24(22)35-7-6-34-21/h3,9-12,14,19H,1,4-8,13H2,2H3,(H,28,29,30)/t14-,19-/m1/s1. The number of methoxy groups -OCH3 is 1. The van der Waals surface area contributed by atoms with Gasteiger partial charge in [-0.15, -0.1) is 0 Å². The minimum absolute atomic E-state index is 0.0210. The van der Waals surface area contributed by atoms with E-state index in [2.05, 4.69) is 26.8 Å². The molecule has 4 heterocycles. The Kier molecular flexibility index (Phi) is 6.70. The maximum Gasteiger partial charge on any atom is 0.223 e. The monoisotopic (exact) mass is 496 g/mol. The molecule has 0 unspecified atom stereocenters. The lowest BCUT2D eigenvalue weighted by Crippen LogP contribution is -2.40.